The van der Waals surface area contributed by atoms with Gasteiger partial charge in [-0.15, -0.1) is 11.3 Å². The molecule has 1 atom stereocenters. The molecule has 15 heavy (non-hydrogen) atoms. The summed E-state index contributed by atoms with van der Waals surface area (Å²) in [7, 11) is 0. The van der Waals surface area contributed by atoms with Gasteiger partial charge in [0.25, 0.3) is 0 Å². The Morgan fingerprint density at radius 1 is 1.47 bits per heavy atom. The maximum Gasteiger partial charge on any atom is 0.0931 e. The molecule has 0 spiro atoms. The molecule has 5 heteroatoms. The van der Waals surface area contributed by atoms with Crippen molar-refractivity contribution in [2.75, 3.05) is 32.8 Å². The highest BCUT2D eigenvalue weighted by atomic mass is 35.5. The Labute approximate surface area is 98.7 Å². The molecule has 3 nitrogen and oxygen atoms in total. The fourth-order valence-corrected chi connectivity index (χ4v) is 3.07. The van der Waals surface area contributed by atoms with E-state index in [1.165, 1.54) is 0 Å². The molecule has 0 aliphatic carbocycles. The summed E-state index contributed by atoms with van der Waals surface area (Å²) < 4.78 is 0.790. The van der Waals surface area contributed by atoms with E-state index < -0.39 is 0 Å². The lowest BCUT2D eigenvalue weighted by atomic mass is 10.2. The van der Waals surface area contributed by atoms with Crippen molar-refractivity contribution in [2.45, 2.75) is 6.04 Å². The van der Waals surface area contributed by atoms with Crippen LogP contribution < -0.4 is 5.32 Å². The van der Waals surface area contributed by atoms with E-state index in [1.807, 2.05) is 12.1 Å². The number of rotatable bonds is 3. The molecule has 2 N–H and O–H groups in total. The molecule has 1 aromatic rings. The maximum absolute atomic E-state index is 9.44. The minimum Gasteiger partial charge on any atom is -0.394 e. The molecule has 1 aromatic heterocycles. The van der Waals surface area contributed by atoms with Crippen LogP contribution in [0.3, 0.4) is 0 Å². The first-order chi connectivity index (χ1) is 7.31. The van der Waals surface area contributed by atoms with Crippen molar-refractivity contribution in [3.05, 3.63) is 21.3 Å². The lowest BCUT2D eigenvalue weighted by Gasteiger charge is -2.33. The highest BCUT2D eigenvalue weighted by Crippen LogP contribution is 2.30. The fourth-order valence-electron chi connectivity index (χ4n) is 1.89. The van der Waals surface area contributed by atoms with Crippen molar-refractivity contribution >= 4 is 22.9 Å². The molecular formula is C10H15ClN2OS. The molecule has 1 aliphatic rings. The van der Waals surface area contributed by atoms with E-state index in [2.05, 4.69) is 10.2 Å². The van der Waals surface area contributed by atoms with E-state index in [0.717, 1.165) is 35.4 Å². The van der Waals surface area contributed by atoms with Crippen LogP contribution in [0.2, 0.25) is 4.34 Å². The van der Waals surface area contributed by atoms with Crippen molar-refractivity contribution in [1.82, 2.24) is 10.2 Å². The first-order valence-corrected chi connectivity index (χ1v) is 6.31. The van der Waals surface area contributed by atoms with Crippen LogP contribution >= 0.6 is 22.9 Å². The smallest absolute Gasteiger partial charge is 0.0931 e. The zero-order valence-electron chi connectivity index (χ0n) is 8.45. The number of halogens is 1. The number of aliphatic hydroxyl groups excluding tert-OH is 1. The largest absolute Gasteiger partial charge is 0.394 e. The van der Waals surface area contributed by atoms with Crippen LogP contribution in [0, 0.1) is 0 Å². The second-order valence-corrected chi connectivity index (χ2v) is 5.37. The number of nitrogens with one attached hydrogen (secondary N) is 1. The molecule has 1 aliphatic heterocycles. The van der Waals surface area contributed by atoms with Gasteiger partial charge in [-0.05, 0) is 12.1 Å². The fraction of sp³-hybridized carbons (Fsp3) is 0.600. The Kier molecular flexibility index (Phi) is 3.99. The summed E-state index contributed by atoms with van der Waals surface area (Å²) in [4.78, 5) is 3.46. The lowest BCUT2D eigenvalue weighted by molar-refractivity contribution is 0.113. The van der Waals surface area contributed by atoms with Crippen molar-refractivity contribution in [3.8, 4) is 0 Å². The number of piperazine rings is 1. The van der Waals surface area contributed by atoms with E-state index in [9.17, 15) is 5.11 Å². The third kappa shape index (κ3) is 2.71. The number of aliphatic hydroxyl groups is 1. The Morgan fingerprint density at radius 2 is 2.20 bits per heavy atom. The van der Waals surface area contributed by atoms with Crippen LogP contribution in [0.4, 0.5) is 0 Å². The summed E-state index contributed by atoms with van der Waals surface area (Å²) in [5.41, 5.74) is 0. The van der Waals surface area contributed by atoms with Gasteiger partial charge in [0.05, 0.1) is 17.0 Å². The van der Waals surface area contributed by atoms with E-state index in [0.29, 0.717) is 0 Å². The van der Waals surface area contributed by atoms with Crippen molar-refractivity contribution in [2.24, 2.45) is 0 Å². The first-order valence-electron chi connectivity index (χ1n) is 5.12. The lowest BCUT2D eigenvalue weighted by Crippen LogP contribution is -2.45. The topological polar surface area (TPSA) is 35.5 Å². The molecule has 0 amide bonds. The quantitative estimate of drug-likeness (QED) is 0.845. The highest BCUT2D eigenvalue weighted by Gasteiger charge is 2.22. The normalized spacial score (nSPS) is 20.4. The van der Waals surface area contributed by atoms with Crippen molar-refractivity contribution in [1.29, 1.82) is 0 Å². The third-order valence-electron chi connectivity index (χ3n) is 2.69. The second-order valence-electron chi connectivity index (χ2n) is 3.63. The van der Waals surface area contributed by atoms with Crippen LogP contribution in [-0.4, -0.2) is 42.8 Å². The summed E-state index contributed by atoms with van der Waals surface area (Å²) in [6.45, 7) is 4.13. The monoisotopic (exact) mass is 246 g/mol. The summed E-state index contributed by atoms with van der Waals surface area (Å²) in [5.74, 6) is 0. The van der Waals surface area contributed by atoms with Gasteiger partial charge < -0.3 is 10.4 Å². The van der Waals surface area contributed by atoms with Gasteiger partial charge >= 0.3 is 0 Å². The summed E-state index contributed by atoms with van der Waals surface area (Å²) in [6, 6.07) is 4.02. The summed E-state index contributed by atoms with van der Waals surface area (Å²) in [6.07, 6.45) is 0. The van der Waals surface area contributed by atoms with Gasteiger partial charge in [0.1, 0.15) is 0 Å². The summed E-state index contributed by atoms with van der Waals surface area (Å²) in [5, 5.41) is 12.7. The Balaban J connectivity index is 2.08. The first kappa shape index (κ1) is 11.4. The SMILES string of the molecule is OCC(c1ccc(Cl)s1)N1CCNCC1. The van der Waals surface area contributed by atoms with Crippen LogP contribution in [0.25, 0.3) is 0 Å². The summed E-state index contributed by atoms with van der Waals surface area (Å²) >= 11 is 7.46. The third-order valence-corrected chi connectivity index (χ3v) is 4.02. The Hall–Kier alpha value is -0.130. The van der Waals surface area contributed by atoms with Crippen LogP contribution in [0.1, 0.15) is 10.9 Å². The van der Waals surface area contributed by atoms with Gasteiger partial charge in [-0.2, -0.15) is 0 Å². The van der Waals surface area contributed by atoms with E-state index in [-0.39, 0.29) is 12.6 Å². The number of nitrogens with zero attached hydrogens (tertiary/aromatic N) is 1. The molecule has 1 saturated heterocycles. The molecule has 0 bridgehead atoms. The average molecular weight is 247 g/mol. The van der Waals surface area contributed by atoms with Gasteiger partial charge in [-0.25, -0.2) is 0 Å². The maximum atomic E-state index is 9.44. The van der Waals surface area contributed by atoms with Crippen LogP contribution in [0.5, 0.6) is 0 Å². The molecule has 1 fully saturated rings. The van der Waals surface area contributed by atoms with Crippen molar-refractivity contribution in [3.63, 3.8) is 0 Å². The van der Waals surface area contributed by atoms with Gasteiger partial charge in [0, 0.05) is 31.1 Å². The van der Waals surface area contributed by atoms with Gasteiger partial charge in [0.15, 0.2) is 0 Å². The standard InChI is InChI=1S/C10H15ClN2OS/c11-10-2-1-9(15-10)8(7-14)13-5-3-12-4-6-13/h1-2,8,12,14H,3-7H2. The molecule has 2 rings (SSSR count). The average Bonchev–Trinajstić information content (AvgIpc) is 2.68. The van der Waals surface area contributed by atoms with Gasteiger partial charge in [0.2, 0.25) is 0 Å². The predicted molar refractivity (Wildman–Crippen MR) is 63.6 cm³/mol. The molecular weight excluding hydrogens is 232 g/mol. The second kappa shape index (κ2) is 5.27. The minimum absolute atomic E-state index is 0.115. The number of thiophene rings is 1. The van der Waals surface area contributed by atoms with E-state index in [4.69, 9.17) is 11.6 Å². The molecule has 84 valence electrons. The zero-order valence-corrected chi connectivity index (χ0v) is 10.0. The van der Waals surface area contributed by atoms with Gasteiger partial charge in [-0.3, -0.25) is 4.90 Å². The van der Waals surface area contributed by atoms with Crippen LogP contribution in [0.15, 0.2) is 12.1 Å². The van der Waals surface area contributed by atoms with Gasteiger partial charge in [-0.1, -0.05) is 11.6 Å². The van der Waals surface area contributed by atoms with Crippen molar-refractivity contribution < 1.29 is 5.11 Å². The van der Waals surface area contributed by atoms with E-state index >= 15 is 0 Å². The Morgan fingerprint density at radius 3 is 2.73 bits per heavy atom. The Bertz CT molecular complexity index is 312. The minimum atomic E-state index is 0.115. The number of hydrogen-bond donors (Lipinski definition) is 2. The molecule has 2 heterocycles. The predicted octanol–water partition coefficient (Wildman–Crippen LogP) is 1.34. The van der Waals surface area contributed by atoms with Crippen LogP contribution in [-0.2, 0) is 0 Å². The number of hydrogen-bond acceptors (Lipinski definition) is 4. The molecule has 0 radical (unpaired) electrons. The van der Waals surface area contributed by atoms with E-state index in [1.54, 1.807) is 11.3 Å². The zero-order chi connectivity index (χ0) is 10.7. The molecule has 0 saturated carbocycles. The molecule has 0 aromatic carbocycles. The molecule has 1 unspecified atom stereocenters. The highest BCUT2D eigenvalue weighted by molar-refractivity contribution is 7.16.